The number of rotatable bonds is 1. The minimum atomic E-state index is -0.0627. The van der Waals surface area contributed by atoms with Crippen LogP contribution in [0.2, 0.25) is 0 Å². The van der Waals surface area contributed by atoms with E-state index in [4.69, 9.17) is 5.73 Å². The van der Waals surface area contributed by atoms with Crippen LogP contribution in [0.1, 0.15) is 17.4 Å². The van der Waals surface area contributed by atoms with E-state index in [9.17, 15) is 4.79 Å². The molecule has 0 aliphatic heterocycles. The van der Waals surface area contributed by atoms with Crippen molar-refractivity contribution in [1.82, 2.24) is 4.98 Å². The monoisotopic (exact) mass is 136 g/mol. The molecular weight excluding hydrogens is 128 g/mol. The molecule has 1 rings (SSSR count). The van der Waals surface area contributed by atoms with Crippen LogP contribution in [0.25, 0.3) is 0 Å². The van der Waals surface area contributed by atoms with Crippen molar-refractivity contribution in [2.24, 2.45) is 0 Å². The first-order valence-corrected chi connectivity index (χ1v) is 2.92. The van der Waals surface area contributed by atoms with E-state index in [0.717, 1.165) is 0 Å². The zero-order valence-corrected chi connectivity index (χ0v) is 5.66. The highest BCUT2D eigenvalue weighted by Gasteiger charge is 1.98. The third-order valence-electron chi connectivity index (χ3n) is 1.14. The SMILES string of the molecule is CC(=O)c1cc(N)ccn1. The van der Waals surface area contributed by atoms with Gasteiger partial charge in [-0.3, -0.25) is 9.78 Å². The van der Waals surface area contributed by atoms with Gasteiger partial charge < -0.3 is 5.73 Å². The quantitative estimate of drug-likeness (QED) is 0.582. The van der Waals surface area contributed by atoms with Crippen LogP contribution in [0.4, 0.5) is 5.69 Å². The van der Waals surface area contributed by atoms with Gasteiger partial charge in [-0.05, 0) is 12.1 Å². The number of ketones is 1. The van der Waals surface area contributed by atoms with E-state index in [0.29, 0.717) is 11.4 Å². The molecule has 3 heteroatoms. The highest BCUT2D eigenvalue weighted by Crippen LogP contribution is 2.02. The molecule has 2 N–H and O–H groups in total. The zero-order valence-electron chi connectivity index (χ0n) is 5.66. The molecule has 0 fully saturated rings. The fourth-order valence-electron chi connectivity index (χ4n) is 0.639. The predicted octanol–water partition coefficient (Wildman–Crippen LogP) is 0.866. The highest BCUT2D eigenvalue weighted by molar-refractivity contribution is 5.92. The first-order chi connectivity index (χ1) is 4.70. The number of aromatic nitrogens is 1. The Kier molecular flexibility index (Phi) is 1.67. The summed E-state index contributed by atoms with van der Waals surface area (Å²) in [5.41, 5.74) is 6.39. The van der Waals surface area contributed by atoms with Crippen LogP contribution >= 0.6 is 0 Å². The van der Waals surface area contributed by atoms with Gasteiger partial charge in [0.25, 0.3) is 0 Å². The number of pyridine rings is 1. The number of carbonyl (C=O) groups is 1. The molecule has 0 aliphatic rings. The minimum Gasteiger partial charge on any atom is -0.399 e. The lowest BCUT2D eigenvalue weighted by molar-refractivity contribution is 0.101. The van der Waals surface area contributed by atoms with Gasteiger partial charge in [0.15, 0.2) is 5.78 Å². The Morgan fingerprint density at radius 2 is 2.40 bits per heavy atom. The Labute approximate surface area is 58.9 Å². The van der Waals surface area contributed by atoms with Crippen molar-refractivity contribution in [1.29, 1.82) is 0 Å². The Morgan fingerprint density at radius 3 is 2.80 bits per heavy atom. The molecule has 0 saturated heterocycles. The number of nitrogens with two attached hydrogens (primary N) is 1. The number of nitrogens with zero attached hydrogens (tertiary/aromatic N) is 1. The molecule has 0 bridgehead atoms. The molecule has 0 radical (unpaired) electrons. The summed E-state index contributed by atoms with van der Waals surface area (Å²) in [5.74, 6) is -0.0627. The number of carbonyl (C=O) groups excluding carboxylic acids is 1. The lowest BCUT2D eigenvalue weighted by Gasteiger charge is -1.93. The van der Waals surface area contributed by atoms with Gasteiger partial charge in [-0.1, -0.05) is 0 Å². The summed E-state index contributed by atoms with van der Waals surface area (Å²) in [6.45, 7) is 1.46. The van der Waals surface area contributed by atoms with Gasteiger partial charge in [-0.25, -0.2) is 0 Å². The maximum absolute atomic E-state index is 10.7. The smallest absolute Gasteiger partial charge is 0.178 e. The van der Waals surface area contributed by atoms with E-state index < -0.39 is 0 Å². The van der Waals surface area contributed by atoms with E-state index >= 15 is 0 Å². The second-order valence-corrected chi connectivity index (χ2v) is 2.03. The van der Waals surface area contributed by atoms with Gasteiger partial charge >= 0.3 is 0 Å². The maximum Gasteiger partial charge on any atom is 0.178 e. The average molecular weight is 136 g/mol. The zero-order chi connectivity index (χ0) is 7.56. The predicted molar refractivity (Wildman–Crippen MR) is 38.7 cm³/mol. The summed E-state index contributed by atoms with van der Waals surface area (Å²) in [5, 5.41) is 0. The summed E-state index contributed by atoms with van der Waals surface area (Å²) in [6, 6.07) is 3.20. The Hall–Kier alpha value is -1.38. The minimum absolute atomic E-state index is 0.0627. The lowest BCUT2D eigenvalue weighted by Crippen LogP contribution is -1.97. The van der Waals surface area contributed by atoms with Crippen LogP contribution < -0.4 is 5.73 Å². The van der Waals surface area contributed by atoms with E-state index in [1.165, 1.54) is 13.1 Å². The van der Waals surface area contributed by atoms with Gasteiger partial charge in [0.2, 0.25) is 0 Å². The van der Waals surface area contributed by atoms with Crippen molar-refractivity contribution < 1.29 is 4.79 Å². The fraction of sp³-hybridized carbons (Fsp3) is 0.143. The molecule has 52 valence electrons. The molecule has 0 atom stereocenters. The van der Waals surface area contributed by atoms with E-state index in [1.807, 2.05) is 0 Å². The lowest BCUT2D eigenvalue weighted by atomic mass is 10.2. The van der Waals surface area contributed by atoms with Gasteiger partial charge in [0, 0.05) is 18.8 Å². The number of Topliss-reactive ketones (excluding diaryl/α,β-unsaturated/α-hetero) is 1. The van der Waals surface area contributed by atoms with Crippen LogP contribution in [0, 0.1) is 0 Å². The second-order valence-electron chi connectivity index (χ2n) is 2.03. The highest BCUT2D eigenvalue weighted by atomic mass is 16.1. The molecule has 0 amide bonds. The van der Waals surface area contributed by atoms with Crippen molar-refractivity contribution in [3.8, 4) is 0 Å². The molecule has 0 spiro atoms. The van der Waals surface area contributed by atoms with Crippen LogP contribution in [0.3, 0.4) is 0 Å². The number of nitrogen functional groups attached to an aromatic ring is 1. The first-order valence-electron chi connectivity index (χ1n) is 2.92. The van der Waals surface area contributed by atoms with Crippen molar-refractivity contribution in [2.45, 2.75) is 6.92 Å². The molecule has 0 unspecified atom stereocenters. The largest absolute Gasteiger partial charge is 0.399 e. The first kappa shape index (κ1) is 6.74. The molecule has 0 aromatic carbocycles. The number of hydrogen-bond donors (Lipinski definition) is 1. The van der Waals surface area contributed by atoms with Crippen molar-refractivity contribution in [3.05, 3.63) is 24.0 Å². The normalized spacial score (nSPS) is 9.30. The van der Waals surface area contributed by atoms with Gasteiger partial charge in [-0.2, -0.15) is 0 Å². The second kappa shape index (κ2) is 2.47. The Bertz CT molecular complexity index is 258. The van der Waals surface area contributed by atoms with Crippen LogP contribution in [-0.2, 0) is 0 Å². The third kappa shape index (κ3) is 1.31. The summed E-state index contributed by atoms with van der Waals surface area (Å²) < 4.78 is 0. The van der Waals surface area contributed by atoms with Gasteiger partial charge in [-0.15, -0.1) is 0 Å². The van der Waals surface area contributed by atoms with Gasteiger partial charge in [0.1, 0.15) is 5.69 Å². The molecule has 1 heterocycles. The number of anilines is 1. The maximum atomic E-state index is 10.7. The van der Waals surface area contributed by atoms with Crippen molar-refractivity contribution >= 4 is 11.5 Å². The molecule has 1 aromatic rings. The summed E-state index contributed by atoms with van der Waals surface area (Å²) in [7, 11) is 0. The summed E-state index contributed by atoms with van der Waals surface area (Å²) in [4.78, 5) is 14.5. The standard InChI is InChI=1S/C7H8N2O/c1-5(10)7-4-6(8)2-3-9-7/h2-4H,1H3,(H2,8,9). The molecular formula is C7H8N2O. The average Bonchev–Trinajstić information content (AvgIpc) is 1.88. The molecule has 10 heavy (non-hydrogen) atoms. The Balaban J connectivity index is 3.07. The number of hydrogen-bond acceptors (Lipinski definition) is 3. The third-order valence-corrected chi connectivity index (χ3v) is 1.14. The van der Waals surface area contributed by atoms with E-state index in [1.54, 1.807) is 12.1 Å². The van der Waals surface area contributed by atoms with E-state index in [-0.39, 0.29) is 5.78 Å². The molecule has 1 aromatic heterocycles. The van der Waals surface area contributed by atoms with Crippen LogP contribution in [0.15, 0.2) is 18.3 Å². The molecule has 0 aliphatic carbocycles. The molecule has 3 nitrogen and oxygen atoms in total. The summed E-state index contributed by atoms with van der Waals surface area (Å²) >= 11 is 0. The van der Waals surface area contributed by atoms with Crippen molar-refractivity contribution in [3.63, 3.8) is 0 Å². The topological polar surface area (TPSA) is 56.0 Å². The van der Waals surface area contributed by atoms with Gasteiger partial charge in [0.05, 0.1) is 0 Å². The summed E-state index contributed by atoms with van der Waals surface area (Å²) in [6.07, 6.45) is 1.52. The van der Waals surface area contributed by atoms with E-state index in [2.05, 4.69) is 4.98 Å². The van der Waals surface area contributed by atoms with Crippen LogP contribution in [0.5, 0.6) is 0 Å². The molecule has 0 saturated carbocycles. The van der Waals surface area contributed by atoms with Crippen LogP contribution in [-0.4, -0.2) is 10.8 Å². The fourth-order valence-corrected chi connectivity index (χ4v) is 0.639. The Morgan fingerprint density at radius 1 is 1.70 bits per heavy atom. The van der Waals surface area contributed by atoms with Crippen molar-refractivity contribution in [2.75, 3.05) is 5.73 Å².